The van der Waals surface area contributed by atoms with Gasteiger partial charge in [-0.2, -0.15) is 0 Å². The number of rotatable bonds is 6. The van der Waals surface area contributed by atoms with Gasteiger partial charge in [-0.25, -0.2) is 4.98 Å². The summed E-state index contributed by atoms with van der Waals surface area (Å²) in [5, 5.41) is 11.8. The molecule has 0 bridgehead atoms. The number of anilines is 1. The molecule has 0 radical (unpaired) electrons. The number of fused-ring (bicyclic) bond motifs is 1. The monoisotopic (exact) mass is 259 g/mol. The summed E-state index contributed by atoms with van der Waals surface area (Å²) in [5.41, 5.74) is 5.60. The number of hydrogen-bond acceptors (Lipinski definition) is 4. The van der Waals surface area contributed by atoms with Crippen molar-refractivity contribution in [2.24, 2.45) is 5.73 Å². The molecular formula is C15H21N3O. The summed E-state index contributed by atoms with van der Waals surface area (Å²) in [4.78, 5) is 6.74. The van der Waals surface area contributed by atoms with Gasteiger partial charge in [0, 0.05) is 24.7 Å². The van der Waals surface area contributed by atoms with Crippen molar-refractivity contribution < 1.29 is 5.11 Å². The average Bonchev–Trinajstić information content (AvgIpc) is 2.43. The molecule has 1 aromatic carbocycles. The highest BCUT2D eigenvalue weighted by atomic mass is 16.3. The molecule has 102 valence electrons. The van der Waals surface area contributed by atoms with Crippen molar-refractivity contribution in [3.63, 3.8) is 0 Å². The van der Waals surface area contributed by atoms with Crippen LogP contribution in [-0.4, -0.2) is 29.7 Å². The smallest absolute Gasteiger partial charge is 0.136 e. The summed E-state index contributed by atoms with van der Waals surface area (Å²) < 4.78 is 0. The summed E-state index contributed by atoms with van der Waals surface area (Å²) in [6.45, 7) is 4.67. The molecule has 3 N–H and O–H groups in total. The highest BCUT2D eigenvalue weighted by Gasteiger charge is 2.11. The van der Waals surface area contributed by atoms with E-state index in [-0.39, 0.29) is 5.75 Å². The molecule has 4 nitrogen and oxygen atoms in total. The number of benzene rings is 1. The van der Waals surface area contributed by atoms with E-state index in [2.05, 4.69) is 16.8 Å². The maximum atomic E-state index is 9.68. The quantitative estimate of drug-likeness (QED) is 0.836. The lowest BCUT2D eigenvalue weighted by atomic mass is 10.1. The first-order chi connectivity index (χ1) is 9.26. The third kappa shape index (κ3) is 3.15. The number of phenols is 1. The Kier molecular flexibility index (Phi) is 4.58. The highest BCUT2D eigenvalue weighted by molar-refractivity contribution is 5.93. The molecule has 19 heavy (non-hydrogen) atoms. The molecule has 1 aromatic heterocycles. The van der Waals surface area contributed by atoms with Crippen molar-refractivity contribution in [2.45, 2.75) is 19.8 Å². The van der Waals surface area contributed by atoms with Gasteiger partial charge in [0.15, 0.2) is 0 Å². The van der Waals surface area contributed by atoms with E-state index in [0.29, 0.717) is 6.54 Å². The molecule has 0 aliphatic carbocycles. The van der Waals surface area contributed by atoms with E-state index in [1.165, 1.54) is 0 Å². The maximum absolute atomic E-state index is 9.68. The minimum Gasteiger partial charge on any atom is -0.508 e. The van der Waals surface area contributed by atoms with Crippen molar-refractivity contribution in [2.75, 3.05) is 24.5 Å². The molecule has 0 saturated heterocycles. The maximum Gasteiger partial charge on any atom is 0.136 e. The lowest BCUT2D eigenvalue weighted by Gasteiger charge is -2.24. The van der Waals surface area contributed by atoms with Crippen molar-refractivity contribution in [1.29, 1.82) is 0 Å². The Morgan fingerprint density at radius 1 is 1.26 bits per heavy atom. The Hall–Kier alpha value is -1.81. The second-order valence-electron chi connectivity index (χ2n) is 4.67. The van der Waals surface area contributed by atoms with Crippen LogP contribution in [0.1, 0.15) is 19.8 Å². The number of nitrogens with zero attached hydrogens (tertiary/aromatic N) is 2. The van der Waals surface area contributed by atoms with Gasteiger partial charge in [-0.15, -0.1) is 0 Å². The Bertz CT molecular complexity index is 542. The first kappa shape index (κ1) is 13.6. The largest absolute Gasteiger partial charge is 0.508 e. The van der Waals surface area contributed by atoms with E-state index in [1.54, 1.807) is 12.1 Å². The van der Waals surface area contributed by atoms with E-state index in [9.17, 15) is 5.11 Å². The minimum atomic E-state index is 0.275. The zero-order valence-corrected chi connectivity index (χ0v) is 11.3. The summed E-state index contributed by atoms with van der Waals surface area (Å²) in [5.74, 6) is 1.21. The van der Waals surface area contributed by atoms with E-state index < -0.39 is 0 Å². The van der Waals surface area contributed by atoms with Gasteiger partial charge in [-0.1, -0.05) is 13.0 Å². The van der Waals surface area contributed by atoms with Crippen LogP contribution in [0.15, 0.2) is 30.5 Å². The standard InChI is InChI=1S/C15H21N3O/c1-2-9-18(10-3-7-16)15-14-11-13(19)5-4-12(14)6-8-17-15/h4-6,8,11,19H,2-3,7,9-10,16H2,1H3. The van der Waals surface area contributed by atoms with Crippen LogP contribution < -0.4 is 10.6 Å². The molecule has 2 aromatic rings. The predicted octanol–water partition coefficient (Wildman–Crippen LogP) is 2.51. The fourth-order valence-electron chi connectivity index (χ4n) is 2.27. The molecule has 0 aliphatic heterocycles. The number of phenolic OH excluding ortho intramolecular Hbond substituents is 1. The first-order valence-corrected chi connectivity index (χ1v) is 6.79. The summed E-state index contributed by atoms with van der Waals surface area (Å²) >= 11 is 0. The minimum absolute atomic E-state index is 0.275. The van der Waals surface area contributed by atoms with Crippen LogP contribution in [0.25, 0.3) is 10.8 Å². The molecule has 2 rings (SSSR count). The van der Waals surface area contributed by atoms with Gasteiger partial charge in [0.25, 0.3) is 0 Å². The second kappa shape index (κ2) is 6.38. The topological polar surface area (TPSA) is 62.4 Å². The van der Waals surface area contributed by atoms with Gasteiger partial charge < -0.3 is 15.7 Å². The number of aromatic hydroxyl groups is 1. The van der Waals surface area contributed by atoms with Gasteiger partial charge >= 0.3 is 0 Å². The van der Waals surface area contributed by atoms with Crippen molar-refractivity contribution in [3.8, 4) is 5.75 Å². The zero-order valence-electron chi connectivity index (χ0n) is 11.3. The third-order valence-electron chi connectivity index (χ3n) is 3.15. The molecule has 0 unspecified atom stereocenters. The zero-order chi connectivity index (χ0) is 13.7. The molecule has 0 atom stereocenters. The van der Waals surface area contributed by atoms with Crippen LogP contribution in [0.5, 0.6) is 5.75 Å². The lowest BCUT2D eigenvalue weighted by Crippen LogP contribution is -2.27. The van der Waals surface area contributed by atoms with Crippen molar-refractivity contribution in [3.05, 3.63) is 30.5 Å². The summed E-state index contributed by atoms with van der Waals surface area (Å²) in [7, 11) is 0. The molecule has 4 heteroatoms. The number of aromatic nitrogens is 1. The van der Waals surface area contributed by atoms with E-state index in [0.717, 1.165) is 42.5 Å². The van der Waals surface area contributed by atoms with Gasteiger partial charge in [0.1, 0.15) is 11.6 Å². The average molecular weight is 259 g/mol. The fraction of sp³-hybridized carbons (Fsp3) is 0.400. The molecule has 0 fully saturated rings. The molecule has 1 heterocycles. The summed E-state index contributed by atoms with van der Waals surface area (Å²) in [6.07, 6.45) is 3.82. The molecule has 0 aliphatic rings. The SMILES string of the molecule is CCCN(CCCN)c1nccc2ccc(O)cc12. The van der Waals surface area contributed by atoms with Crippen LogP contribution in [-0.2, 0) is 0 Å². The van der Waals surface area contributed by atoms with Gasteiger partial charge in [0.2, 0.25) is 0 Å². The number of nitrogens with two attached hydrogens (primary N) is 1. The highest BCUT2D eigenvalue weighted by Crippen LogP contribution is 2.27. The molecule has 0 spiro atoms. The van der Waals surface area contributed by atoms with Crippen LogP contribution in [0.2, 0.25) is 0 Å². The third-order valence-corrected chi connectivity index (χ3v) is 3.15. The van der Waals surface area contributed by atoms with Crippen LogP contribution in [0, 0.1) is 0 Å². The van der Waals surface area contributed by atoms with Gasteiger partial charge in [-0.3, -0.25) is 0 Å². The van der Waals surface area contributed by atoms with Gasteiger partial charge in [0.05, 0.1) is 0 Å². The van der Waals surface area contributed by atoms with Crippen LogP contribution in [0.3, 0.4) is 0 Å². The van der Waals surface area contributed by atoms with Crippen LogP contribution in [0.4, 0.5) is 5.82 Å². The fourth-order valence-corrected chi connectivity index (χ4v) is 2.27. The number of hydrogen-bond donors (Lipinski definition) is 2. The Labute approximate surface area is 113 Å². The predicted molar refractivity (Wildman–Crippen MR) is 79.6 cm³/mol. The Morgan fingerprint density at radius 3 is 2.84 bits per heavy atom. The second-order valence-corrected chi connectivity index (χ2v) is 4.67. The number of pyridine rings is 1. The first-order valence-electron chi connectivity index (χ1n) is 6.79. The molecule has 0 amide bonds. The van der Waals surface area contributed by atoms with E-state index in [1.807, 2.05) is 18.3 Å². The van der Waals surface area contributed by atoms with E-state index in [4.69, 9.17) is 5.73 Å². The van der Waals surface area contributed by atoms with E-state index >= 15 is 0 Å². The van der Waals surface area contributed by atoms with Crippen LogP contribution >= 0.6 is 0 Å². The molecular weight excluding hydrogens is 238 g/mol. The van der Waals surface area contributed by atoms with Gasteiger partial charge in [-0.05, 0) is 43.0 Å². The van der Waals surface area contributed by atoms with Crippen molar-refractivity contribution in [1.82, 2.24) is 4.98 Å². The Balaban J connectivity index is 2.42. The Morgan fingerprint density at radius 2 is 2.11 bits per heavy atom. The molecule has 0 saturated carbocycles. The lowest BCUT2D eigenvalue weighted by molar-refractivity contribution is 0.476. The van der Waals surface area contributed by atoms with Crippen molar-refractivity contribution >= 4 is 16.6 Å². The normalized spacial score (nSPS) is 10.8. The summed E-state index contributed by atoms with van der Waals surface area (Å²) in [6, 6.07) is 7.37.